The summed E-state index contributed by atoms with van der Waals surface area (Å²) in [5, 5.41) is 10.1. The molecule has 0 atom stereocenters. The third-order valence-electron chi connectivity index (χ3n) is 2.29. The minimum absolute atomic E-state index is 0.00958. The second kappa shape index (κ2) is 7.60. The average molecular weight is 260 g/mol. The molecule has 0 saturated carbocycles. The van der Waals surface area contributed by atoms with E-state index in [4.69, 9.17) is 9.47 Å². The Balaban J connectivity index is 2.63. The number of anilines is 1. The highest BCUT2D eigenvalue weighted by Crippen LogP contribution is 2.26. The van der Waals surface area contributed by atoms with Crippen LogP contribution < -0.4 is 4.90 Å². The van der Waals surface area contributed by atoms with E-state index in [1.54, 1.807) is 7.11 Å². The van der Waals surface area contributed by atoms with Crippen LogP contribution in [0.4, 0.5) is 5.13 Å². The molecular formula is C11H20N2O3S. The lowest BCUT2D eigenvalue weighted by Gasteiger charge is -2.14. The standard InChI is InChI=1S/C11H20N2O3S/c1-4-16-6-5-13(2)11-12-9(8-15-3)10(7-14)17-11/h14H,4-8H2,1-3H3. The van der Waals surface area contributed by atoms with E-state index in [-0.39, 0.29) is 6.61 Å². The molecule has 17 heavy (non-hydrogen) atoms. The van der Waals surface area contributed by atoms with Gasteiger partial charge in [0.15, 0.2) is 5.13 Å². The number of aromatic nitrogens is 1. The number of ether oxygens (including phenoxy) is 2. The van der Waals surface area contributed by atoms with Gasteiger partial charge >= 0.3 is 0 Å². The van der Waals surface area contributed by atoms with Crippen molar-refractivity contribution in [3.8, 4) is 0 Å². The summed E-state index contributed by atoms with van der Waals surface area (Å²) in [6.45, 7) is 4.62. The molecule has 0 bridgehead atoms. The van der Waals surface area contributed by atoms with Crippen molar-refractivity contribution in [1.82, 2.24) is 4.98 Å². The molecule has 1 aromatic heterocycles. The van der Waals surface area contributed by atoms with Crippen LogP contribution in [0.25, 0.3) is 0 Å². The second-order valence-corrected chi connectivity index (χ2v) is 4.64. The summed E-state index contributed by atoms with van der Waals surface area (Å²) in [5.74, 6) is 0. The van der Waals surface area contributed by atoms with Crippen LogP contribution in [0.1, 0.15) is 17.5 Å². The van der Waals surface area contributed by atoms with E-state index in [0.29, 0.717) is 13.2 Å². The Hall–Kier alpha value is -0.690. The number of aliphatic hydroxyl groups is 1. The minimum atomic E-state index is 0.00958. The molecule has 0 saturated heterocycles. The molecule has 98 valence electrons. The van der Waals surface area contributed by atoms with Crippen LogP contribution in [-0.2, 0) is 22.7 Å². The van der Waals surface area contributed by atoms with Gasteiger partial charge in [-0.1, -0.05) is 11.3 Å². The molecular weight excluding hydrogens is 240 g/mol. The highest BCUT2D eigenvalue weighted by Gasteiger charge is 2.13. The maximum Gasteiger partial charge on any atom is 0.185 e. The first kappa shape index (κ1) is 14.4. The van der Waals surface area contributed by atoms with Gasteiger partial charge in [0, 0.05) is 27.3 Å². The van der Waals surface area contributed by atoms with E-state index in [9.17, 15) is 5.11 Å². The first-order chi connectivity index (χ1) is 8.22. The number of hydrogen-bond acceptors (Lipinski definition) is 6. The quantitative estimate of drug-likeness (QED) is 0.713. The number of likely N-dealkylation sites (N-methyl/N-ethyl adjacent to an activating group) is 1. The lowest BCUT2D eigenvalue weighted by atomic mass is 10.4. The molecule has 0 amide bonds. The van der Waals surface area contributed by atoms with Crippen molar-refractivity contribution in [2.45, 2.75) is 20.1 Å². The van der Waals surface area contributed by atoms with Crippen molar-refractivity contribution in [2.75, 3.05) is 38.8 Å². The van der Waals surface area contributed by atoms with Crippen molar-refractivity contribution in [3.63, 3.8) is 0 Å². The molecule has 5 nitrogen and oxygen atoms in total. The molecule has 0 unspecified atom stereocenters. The molecule has 0 aliphatic carbocycles. The molecule has 0 spiro atoms. The molecule has 0 aliphatic rings. The second-order valence-electron chi connectivity index (χ2n) is 3.58. The molecule has 1 heterocycles. The van der Waals surface area contributed by atoms with E-state index in [2.05, 4.69) is 4.98 Å². The Bertz CT molecular complexity index is 331. The van der Waals surface area contributed by atoms with E-state index in [1.807, 2.05) is 18.9 Å². The summed E-state index contributed by atoms with van der Waals surface area (Å²) in [7, 11) is 3.59. The van der Waals surface area contributed by atoms with Crippen molar-refractivity contribution in [2.24, 2.45) is 0 Å². The number of aliphatic hydroxyl groups excluding tert-OH is 1. The summed E-state index contributed by atoms with van der Waals surface area (Å²) in [4.78, 5) is 7.35. The maximum absolute atomic E-state index is 9.23. The van der Waals surface area contributed by atoms with Gasteiger partial charge in [0.2, 0.25) is 0 Å². The van der Waals surface area contributed by atoms with Gasteiger partial charge in [-0.25, -0.2) is 4.98 Å². The van der Waals surface area contributed by atoms with E-state index >= 15 is 0 Å². The lowest BCUT2D eigenvalue weighted by molar-refractivity contribution is 0.154. The Morgan fingerprint density at radius 3 is 2.82 bits per heavy atom. The van der Waals surface area contributed by atoms with Crippen LogP contribution in [0.3, 0.4) is 0 Å². The van der Waals surface area contributed by atoms with Gasteiger partial charge in [-0.2, -0.15) is 0 Å². The molecule has 1 aromatic rings. The zero-order valence-corrected chi connectivity index (χ0v) is 11.4. The van der Waals surface area contributed by atoms with Crippen molar-refractivity contribution >= 4 is 16.5 Å². The first-order valence-corrected chi connectivity index (χ1v) is 6.41. The fourth-order valence-corrected chi connectivity index (χ4v) is 2.26. The molecule has 1 N–H and O–H groups in total. The number of methoxy groups -OCH3 is 1. The van der Waals surface area contributed by atoms with Crippen molar-refractivity contribution in [1.29, 1.82) is 0 Å². The zero-order chi connectivity index (χ0) is 12.7. The summed E-state index contributed by atoms with van der Waals surface area (Å²) < 4.78 is 10.3. The van der Waals surface area contributed by atoms with Crippen LogP contribution >= 0.6 is 11.3 Å². The van der Waals surface area contributed by atoms with E-state index in [1.165, 1.54) is 11.3 Å². The molecule has 6 heteroatoms. The highest BCUT2D eigenvalue weighted by atomic mass is 32.1. The van der Waals surface area contributed by atoms with Gasteiger partial charge in [0.05, 0.1) is 30.4 Å². The molecule has 1 rings (SSSR count). The largest absolute Gasteiger partial charge is 0.391 e. The van der Waals surface area contributed by atoms with Crippen LogP contribution in [0.5, 0.6) is 0 Å². The predicted octanol–water partition coefficient (Wildman–Crippen LogP) is 1.25. The highest BCUT2D eigenvalue weighted by molar-refractivity contribution is 7.15. The van der Waals surface area contributed by atoms with Crippen LogP contribution in [0.15, 0.2) is 0 Å². The molecule has 0 aromatic carbocycles. The van der Waals surface area contributed by atoms with Crippen molar-refractivity contribution < 1.29 is 14.6 Å². The fourth-order valence-electron chi connectivity index (χ4n) is 1.35. The van der Waals surface area contributed by atoms with E-state index < -0.39 is 0 Å². The summed E-state index contributed by atoms with van der Waals surface area (Å²) in [5.41, 5.74) is 0.818. The van der Waals surface area contributed by atoms with Crippen LogP contribution in [0.2, 0.25) is 0 Å². The third kappa shape index (κ3) is 4.23. The van der Waals surface area contributed by atoms with Gasteiger partial charge in [0.1, 0.15) is 0 Å². The SMILES string of the molecule is CCOCCN(C)c1nc(COC)c(CO)s1. The first-order valence-electron chi connectivity index (χ1n) is 5.60. The minimum Gasteiger partial charge on any atom is -0.391 e. The number of hydrogen-bond donors (Lipinski definition) is 1. The number of nitrogens with zero attached hydrogens (tertiary/aromatic N) is 2. The smallest absolute Gasteiger partial charge is 0.185 e. The Kier molecular flexibility index (Phi) is 6.43. The monoisotopic (exact) mass is 260 g/mol. The Labute approximate surface area is 106 Å². The van der Waals surface area contributed by atoms with Gasteiger partial charge < -0.3 is 19.5 Å². The van der Waals surface area contributed by atoms with Gasteiger partial charge in [-0.3, -0.25) is 0 Å². The molecule has 0 aliphatic heterocycles. The topological polar surface area (TPSA) is 54.8 Å². The lowest BCUT2D eigenvalue weighted by Crippen LogP contribution is -2.22. The molecule has 0 radical (unpaired) electrons. The normalized spacial score (nSPS) is 10.8. The zero-order valence-electron chi connectivity index (χ0n) is 10.6. The number of rotatable bonds is 8. The molecule has 0 fully saturated rings. The maximum atomic E-state index is 9.23. The van der Waals surface area contributed by atoms with Gasteiger partial charge in [-0.05, 0) is 6.92 Å². The fraction of sp³-hybridized carbons (Fsp3) is 0.727. The predicted molar refractivity (Wildman–Crippen MR) is 68.5 cm³/mol. The summed E-state index contributed by atoms with van der Waals surface area (Å²) in [6, 6.07) is 0. The van der Waals surface area contributed by atoms with Crippen LogP contribution in [-0.4, -0.2) is 44.0 Å². The Morgan fingerprint density at radius 1 is 1.47 bits per heavy atom. The summed E-state index contributed by atoms with van der Waals surface area (Å²) >= 11 is 1.49. The average Bonchev–Trinajstić information content (AvgIpc) is 2.73. The third-order valence-corrected chi connectivity index (χ3v) is 3.49. The van der Waals surface area contributed by atoms with Gasteiger partial charge in [0.25, 0.3) is 0 Å². The summed E-state index contributed by atoms with van der Waals surface area (Å²) in [6.07, 6.45) is 0. The van der Waals surface area contributed by atoms with E-state index in [0.717, 1.165) is 28.9 Å². The number of thiazole rings is 1. The Morgan fingerprint density at radius 2 is 2.24 bits per heavy atom. The van der Waals surface area contributed by atoms with Gasteiger partial charge in [-0.15, -0.1) is 0 Å². The van der Waals surface area contributed by atoms with Crippen molar-refractivity contribution in [3.05, 3.63) is 10.6 Å². The van der Waals surface area contributed by atoms with Crippen LogP contribution in [0, 0.1) is 0 Å².